The summed E-state index contributed by atoms with van der Waals surface area (Å²) in [4.78, 5) is 11.5. The molecule has 0 aliphatic rings. The van der Waals surface area contributed by atoms with Gasteiger partial charge < -0.3 is 9.84 Å². The molecular formula is C12H11F13O3. The van der Waals surface area contributed by atoms with Gasteiger partial charge in [0.05, 0.1) is 0 Å². The molecule has 0 radical (unpaired) electrons. The highest BCUT2D eigenvalue weighted by Crippen LogP contribution is 2.52. The van der Waals surface area contributed by atoms with E-state index in [0.29, 0.717) is 6.92 Å². The van der Waals surface area contributed by atoms with Crippen molar-refractivity contribution in [1.82, 2.24) is 0 Å². The van der Waals surface area contributed by atoms with Crippen LogP contribution in [0.4, 0.5) is 57.1 Å². The largest absolute Gasteiger partial charge is 0.445 e. The topological polar surface area (TPSA) is 46.5 Å². The van der Waals surface area contributed by atoms with Gasteiger partial charge in [0.2, 0.25) is 0 Å². The lowest BCUT2D eigenvalue weighted by atomic mass is 9.86. The van der Waals surface area contributed by atoms with E-state index in [0.717, 1.165) is 0 Å². The molecule has 0 aliphatic heterocycles. The van der Waals surface area contributed by atoms with Crippen LogP contribution in [0.3, 0.4) is 0 Å². The molecule has 0 aromatic rings. The summed E-state index contributed by atoms with van der Waals surface area (Å²) in [5.41, 5.74) is -10.6. The zero-order valence-electron chi connectivity index (χ0n) is 13.5. The van der Waals surface area contributed by atoms with Crippen LogP contribution in [0, 0.1) is 5.41 Å². The Bertz CT molecular complexity index is 565. The van der Waals surface area contributed by atoms with Gasteiger partial charge in [-0.05, 0) is 13.3 Å². The highest BCUT2D eigenvalue weighted by atomic mass is 19.4. The molecule has 0 spiro atoms. The second-order valence-electron chi connectivity index (χ2n) is 5.70. The lowest BCUT2D eigenvalue weighted by molar-refractivity contribution is -0.402. The van der Waals surface area contributed by atoms with Crippen LogP contribution in [0.5, 0.6) is 0 Å². The van der Waals surface area contributed by atoms with E-state index in [9.17, 15) is 61.9 Å². The molecule has 0 saturated heterocycles. The third-order valence-corrected chi connectivity index (χ3v) is 3.89. The Morgan fingerprint density at radius 3 is 1.50 bits per heavy atom. The lowest BCUT2D eigenvalue weighted by Crippen LogP contribution is -2.70. The molecule has 0 rings (SSSR count). The number of hydrogen-bond acceptors (Lipinski definition) is 3. The number of rotatable bonds is 6. The fourth-order valence-electron chi connectivity index (χ4n) is 1.70. The van der Waals surface area contributed by atoms with Gasteiger partial charge in [-0.2, -0.15) is 48.3 Å². The molecule has 3 unspecified atom stereocenters. The molecule has 0 aliphatic carbocycles. The van der Waals surface area contributed by atoms with Gasteiger partial charge in [0.15, 0.2) is 5.41 Å². The summed E-state index contributed by atoms with van der Waals surface area (Å²) in [7, 11) is 0. The second-order valence-corrected chi connectivity index (χ2v) is 5.70. The highest BCUT2D eigenvalue weighted by molar-refractivity contribution is 5.77. The van der Waals surface area contributed by atoms with Crippen LogP contribution in [0.2, 0.25) is 0 Å². The molecule has 0 saturated carbocycles. The van der Waals surface area contributed by atoms with Crippen molar-refractivity contribution in [3.05, 3.63) is 0 Å². The number of ether oxygens (including phenoxy) is 1. The molecule has 0 heterocycles. The minimum absolute atomic E-state index is 0.107. The van der Waals surface area contributed by atoms with Crippen LogP contribution in [-0.2, 0) is 9.53 Å². The van der Waals surface area contributed by atoms with E-state index in [-0.39, 0.29) is 6.92 Å². The Morgan fingerprint density at radius 2 is 1.29 bits per heavy atom. The van der Waals surface area contributed by atoms with Crippen LogP contribution >= 0.6 is 0 Å². The maximum Gasteiger partial charge on any atom is 0.431 e. The van der Waals surface area contributed by atoms with E-state index >= 15 is 0 Å². The smallest absolute Gasteiger partial charge is 0.431 e. The minimum Gasteiger partial charge on any atom is -0.445 e. The summed E-state index contributed by atoms with van der Waals surface area (Å²) in [6.45, 7) is 0.449. The monoisotopic (exact) mass is 450 g/mol. The summed E-state index contributed by atoms with van der Waals surface area (Å²) < 4.78 is 170. The Balaban J connectivity index is 6.47. The van der Waals surface area contributed by atoms with Crippen LogP contribution in [-0.4, -0.2) is 53.7 Å². The van der Waals surface area contributed by atoms with Gasteiger partial charge in [0.25, 0.3) is 18.1 Å². The van der Waals surface area contributed by atoms with Crippen LogP contribution in [0.15, 0.2) is 0 Å². The maximum atomic E-state index is 13.8. The number of esters is 1. The van der Waals surface area contributed by atoms with E-state index in [1.165, 1.54) is 0 Å². The summed E-state index contributed by atoms with van der Waals surface area (Å²) in [6, 6.07) is 0. The third-order valence-electron chi connectivity index (χ3n) is 3.89. The normalized spacial score (nSPS) is 19.8. The number of carbonyl (C=O) groups excluding carboxylic acids is 1. The van der Waals surface area contributed by atoms with Crippen molar-refractivity contribution in [2.45, 2.75) is 62.9 Å². The minimum atomic E-state index is -7.10. The predicted octanol–water partition coefficient (Wildman–Crippen LogP) is 4.63. The fourth-order valence-corrected chi connectivity index (χ4v) is 1.70. The first-order valence-corrected chi connectivity index (χ1v) is 6.81. The van der Waals surface area contributed by atoms with Gasteiger partial charge >= 0.3 is 30.4 Å². The van der Waals surface area contributed by atoms with Gasteiger partial charge in [-0.25, -0.2) is 8.78 Å². The fraction of sp³-hybridized carbons (Fsp3) is 0.917. The summed E-state index contributed by atoms with van der Waals surface area (Å²) >= 11 is 0. The number of carbonyl (C=O) groups is 1. The molecule has 0 aromatic carbocycles. The lowest BCUT2D eigenvalue weighted by Gasteiger charge is -2.41. The third kappa shape index (κ3) is 4.25. The Hall–Kier alpha value is -1.48. The standard InChI is InChI=1S/C12H11F13O3/c1-3-7(2,11(20,21)22)6(26)28-4(10(17,18)19)9(15,16)8(27,5(13)14)12(23,24)25/h4-5,27H,3H2,1-2H3. The van der Waals surface area contributed by atoms with Crippen LogP contribution in [0.25, 0.3) is 0 Å². The van der Waals surface area contributed by atoms with E-state index in [2.05, 4.69) is 4.74 Å². The van der Waals surface area contributed by atoms with Crippen molar-refractivity contribution in [2.24, 2.45) is 5.41 Å². The summed E-state index contributed by atoms with van der Waals surface area (Å²) in [6.07, 6.45) is -32.0. The number of aliphatic hydroxyl groups is 1. The van der Waals surface area contributed by atoms with Gasteiger partial charge in [0.1, 0.15) is 0 Å². The summed E-state index contributed by atoms with van der Waals surface area (Å²) in [5, 5.41) is 8.68. The van der Waals surface area contributed by atoms with E-state index < -0.39 is 60.4 Å². The van der Waals surface area contributed by atoms with Gasteiger partial charge in [-0.1, -0.05) is 6.92 Å². The van der Waals surface area contributed by atoms with Gasteiger partial charge in [-0.15, -0.1) is 0 Å². The molecule has 0 bridgehead atoms. The predicted molar refractivity (Wildman–Crippen MR) is 62.3 cm³/mol. The highest BCUT2D eigenvalue weighted by Gasteiger charge is 2.81. The van der Waals surface area contributed by atoms with Gasteiger partial charge in [-0.3, -0.25) is 4.79 Å². The quantitative estimate of drug-likeness (QED) is 0.474. The molecule has 1 N–H and O–H groups in total. The average molecular weight is 450 g/mol. The molecule has 28 heavy (non-hydrogen) atoms. The van der Waals surface area contributed by atoms with Crippen molar-refractivity contribution < 1.29 is 71.7 Å². The second kappa shape index (κ2) is 7.40. The zero-order valence-corrected chi connectivity index (χ0v) is 13.5. The molecule has 0 aromatic heterocycles. The van der Waals surface area contributed by atoms with E-state index in [1.807, 2.05) is 0 Å². The molecule has 168 valence electrons. The molecule has 3 atom stereocenters. The Morgan fingerprint density at radius 1 is 0.893 bits per heavy atom. The molecule has 3 nitrogen and oxygen atoms in total. The van der Waals surface area contributed by atoms with Crippen molar-refractivity contribution in [3.63, 3.8) is 0 Å². The number of hydrogen-bond donors (Lipinski definition) is 1. The molecule has 0 amide bonds. The van der Waals surface area contributed by atoms with Crippen molar-refractivity contribution in [2.75, 3.05) is 0 Å². The number of alkyl halides is 13. The zero-order chi connectivity index (χ0) is 23.1. The average Bonchev–Trinajstić information content (AvgIpc) is 2.46. The molecular weight excluding hydrogens is 439 g/mol. The van der Waals surface area contributed by atoms with E-state index in [4.69, 9.17) is 5.11 Å². The van der Waals surface area contributed by atoms with Crippen molar-refractivity contribution in [1.29, 1.82) is 0 Å². The Kier molecular flexibility index (Phi) is 7.01. The number of halogens is 13. The SMILES string of the molecule is CCC(C)(C(=O)OC(C(F)(F)F)C(F)(F)C(O)(C(F)F)C(F)(F)F)C(F)(F)F. The van der Waals surface area contributed by atoms with Crippen LogP contribution in [0.1, 0.15) is 20.3 Å². The Labute approximate surface area is 147 Å². The first-order valence-electron chi connectivity index (χ1n) is 6.81. The van der Waals surface area contributed by atoms with Crippen LogP contribution < -0.4 is 0 Å². The molecule has 0 fully saturated rings. The first kappa shape index (κ1) is 26.5. The first-order chi connectivity index (χ1) is 12.0. The van der Waals surface area contributed by atoms with Gasteiger partial charge in [0, 0.05) is 0 Å². The summed E-state index contributed by atoms with van der Waals surface area (Å²) in [5.74, 6) is -10.1. The van der Waals surface area contributed by atoms with Crippen molar-refractivity contribution >= 4 is 5.97 Å². The van der Waals surface area contributed by atoms with Crippen molar-refractivity contribution in [3.8, 4) is 0 Å². The molecule has 16 heteroatoms. The maximum absolute atomic E-state index is 13.8. The van der Waals surface area contributed by atoms with E-state index in [1.54, 1.807) is 0 Å².